The Hall–Kier alpha value is -4.01. The Morgan fingerprint density at radius 3 is 2.47 bits per heavy atom. The van der Waals surface area contributed by atoms with Crippen molar-refractivity contribution in [2.24, 2.45) is 0 Å². The summed E-state index contributed by atoms with van der Waals surface area (Å²) in [5.74, 6) is -1.20. The maximum atomic E-state index is 12.5. The van der Waals surface area contributed by atoms with Crippen LogP contribution in [0.1, 0.15) is 27.3 Å². The van der Waals surface area contributed by atoms with Crippen LogP contribution in [-0.2, 0) is 9.53 Å². The van der Waals surface area contributed by atoms with Gasteiger partial charge in [-0.3, -0.25) is 14.9 Å². The van der Waals surface area contributed by atoms with Gasteiger partial charge in [0, 0.05) is 17.8 Å². The summed E-state index contributed by atoms with van der Waals surface area (Å²) in [6, 6.07) is 13.4. The predicted molar refractivity (Wildman–Crippen MR) is 110 cm³/mol. The number of esters is 1. The molecule has 0 radical (unpaired) electrons. The highest BCUT2D eigenvalue weighted by Crippen LogP contribution is 2.21. The van der Waals surface area contributed by atoms with Crippen LogP contribution in [0.4, 0.5) is 11.4 Å². The number of ether oxygens (including phenoxy) is 1. The lowest BCUT2D eigenvalue weighted by molar-refractivity contribution is -0.384. The first kappa shape index (κ1) is 20.7. The van der Waals surface area contributed by atoms with Crippen LogP contribution in [0.25, 0.3) is 5.69 Å². The molecule has 30 heavy (non-hydrogen) atoms. The summed E-state index contributed by atoms with van der Waals surface area (Å²) < 4.78 is 6.81. The van der Waals surface area contributed by atoms with E-state index < -0.39 is 23.4 Å². The summed E-state index contributed by atoms with van der Waals surface area (Å²) >= 11 is 0. The molecule has 0 spiro atoms. The first-order chi connectivity index (χ1) is 14.3. The number of hydrogen-bond donors (Lipinski definition) is 1. The topological polar surface area (TPSA) is 116 Å². The molecule has 9 nitrogen and oxygen atoms in total. The number of nitrogens with one attached hydrogen (secondary N) is 1. The number of hydrogen-bond acceptors (Lipinski definition) is 6. The Morgan fingerprint density at radius 2 is 1.83 bits per heavy atom. The molecule has 0 atom stereocenters. The first-order valence-electron chi connectivity index (χ1n) is 9.11. The lowest BCUT2D eigenvalue weighted by atomic mass is 10.2. The van der Waals surface area contributed by atoms with E-state index >= 15 is 0 Å². The van der Waals surface area contributed by atoms with E-state index in [4.69, 9.17) is 4.74 Å². The van der Waals surface area contributed by atoms with Crippen molar-refractivity contribution in [3.05, 3.63) is 81.2 Å². The van der Waals surface area contributed by atoms with Crippen LogP contribution < -0.4 is 5.32 Å². The van der Waals surface area contributed by atoms with Crippen molar-refractivity contribution in [3.8, 4) is 5.69 Å². The van der Waals surface area contributed by atoms with E-state index in [0.29, 0.717) is 28.2 Å². The third-order valence-electron chi connectivity index (χ3n) is 4.53. The van der Waals surface area contributed by atoms with Crippen molar-refractivity contribution in [1.29, 1.82) is 0 Å². The molecule has 3 rings (SSSR count). The third kappa shape index (κ3) is 4.35. The highest BCUT2D eigenvalue weighted by molar-refractivity contribution is 5.97. The van der Waals surface area contributed by atoms with Gasteiger partial charge in [-0.2, -0.15) is 5.10 Å². The fourth-order valence-electron chi connectivity index (χ4n) is 3.05. The average molecular weight is 408 g/mol. The minimum atomic E-state index is -0.650. The van der Waals surface area contributed by atoms with E-state index in [0.717, 1.165) is 5.69 Å². The Labute approximate surface area is 172 Å². The van der Waals surface area contributed by atoms with Crippen molar-refractivity contribution in [3.63, 3.8) is 0 Å². The molecule has 9 heteroatoms. The fourth-order valence-corrected chi connectivity index (χ4v) is 3.05. The monoisotopic (exact) mass is 408 g/mol. The van der Waals surface area contributed by atoms with E-state index in [1.54, 1.807) is 25.5 Å². The Morgan fingerprint density at radius 1 is 1.13 bits per heavy atom. The van der Waals surface area contributed by atoms with Gasteiger partial charge in [0.15, 0.2) is 6.61 Å². The number of non-ortho nitro benzene ring substituents is 1. The van der Waals surface area contributed by atoms with Gasteiger partial charge in [-0.15, -0.1) is 0 Å². The molecule has 1 amide bonds. The molecule has 0 aliphatic heterocycles. The SMILES string of the molecule is Cc1cc([N+](=O)[O-])ccc1NC(=O)COC(=O)c1c(C)nn(-c2ccccc2)c1C. The Bertz CT molecular complexity index is 1120. The molecule has 0 aliphatic carbocycles. The number of para-hydroxylation sites is 1. The minimum absolute atomic E-state index is 0.0710. The van der Waals surface area contributed by atoms with E-state index in [1.807, 2.05) is 30.3 Å². The molecule has 0 bridgehead atoms. The van der Waals surface area contributed by atoms with Crippen LogP contribution in [0.2, 0.25) is 0 Å². The van der Waals surface area contributed by atoms with Gasteiger partial charge in [0.1, 0.15) is 5.56 Å². The maximum absolute atomic E-state index is 12.5. The minimum Gasteiger partial charge on any atom is -0.452 e. The number of aromatic nitrogens is 2. The van der Waals surface area contributed by atoms with Crippen LogP contribution >= 0.6 is 0 Å². The molecular weight excluding hydrogens is 388 g/mol. The summed E-state index contributed by atoms with van der Waals surface area (Å²) in [4.78, 5) is 35.0. The molecule has 0 saturated carbocycles. The van der Waals surface area contributed by atoms with E-state index in [1.165, 1.54) is 18.2 Å². The van der Waals surface area contributed by atoms with Crippen molar-refractivity contribution in [2.75, 3.05) is 11.9 Å². The van der Waals surface area contributed by atoms with Gasteiger partial charge < -0.3 is 10.1 Å². The number of aryl methyl sites for hydroxylation is 2. The normalized spacial score (nSPS) is 10.5. The summed E-state index contributed by atoms with van der Waals surface area (Å²) in [6.07, 6.45) is 0. The van der Waals surface area contributed by atoms with Gasteiger partial charge in [-0.1, -0.05) is 18.2 Å². The molecule has 2 aromatic carbocycles. The van der Waals surface area contributed by atoms with Crippen molar-refractivity contribution in [1.82, 2.24) is 9.78 Å². The van der Waals surface area contributed by atoms with Crippen LogP contribution in [0.3, 0.4) is 0 Å². The predicted octanol–water partition coefficient (Wildman–Crippen LogP) is 3.50. The molecule has 3 aromatic rings. The van der Waals surface area contributed by atoms with E-state index in [2.05, 4.69) is 10.4 Å². The van der Waals surface area contributed by atoms with Crippen molar-refractivity contribution >= 4 is 23.3 Å². The van der Waals surface area contributed by atoms with Crippen LogP contribution in [0.5, 0.6) is 0 Å². The number of nitro groups is 1. The lowest BCUT2D eigenvalue weighted by Gasteiger charge is -2.09. The smallest absolute Gasteiger partial charge is 0.342 e. The molecule has 0 fully saturated rings. The molecule has 1 N–H and O–H groups in total. The second kappa shape index (κ2) is 8.56. The zero-order valence-electron chi connectivity index (χ0n) is 16.7. The van der Waals surface area contributed by atoms with Crippen molar-refractivity contribution < 1.29 is 19.2 Å². The summed E-state index contributed by atoms with van der Waals surface area (Å²) in [5, 5.41) is 17.8. The third-order valence-corrected chi connectivity index (χ3v) is 4.53. The highest BCUT2D eigenvalue weighted by Gasteiger charge is 2.21. The number of benzene rings is 2. The average Bonchev–Trinajstić information content (AvgIpc) is 3.02. The number of anilines is 1. The Kier molecular flexibility index (Phi) is 5.91. The second-order valence-electron chi connectivity index (χ2n) is 6.67. The molecule has 1 aromatic heterocycles. The molecule has 0 saturated heterocycles. The molecule has 0 unspecified atom stereocenters. The number of amides is 1. The van der Waals surface area contributed by atoms with E-state index in [9.17, 15) is 19.7 Å². The van der Waals surface area contributed by atoms with Crippen LogP contribution in [0.15, 0.2) is 48.5 Å². The van der Waals surface area contributed by atoms with E-state index in [-0.39, 0.29) is 5.69 Å². The van der Waals surface area contributed by atoms with Gasteiger partial charge in [0.2, 0.25) is 0 Å². The largest absolute Gasteiger partial charge is 0.452 e. The zero-order valence-corrected chi connectivity index (χ0v) is 16.7. The number of carbonyl (C=O) groups is 2. The first-order valence-corrected chi connectivity index (χ1v) is 9.11. The molecule has 154 valence electrons. The van der Waals surface area contributed by atoms with Crippen LogP contribution in [-0.4, -0.2) is 33.2 Å². The summed E-state index contributed by atoms with van der Waals surface area (Å²) in [5.41, 5.74) is 3.08. The summed E-state index contributed by atoms with van der Waals surface area (Å²) in [7, 11) is 0. The van der Waals surface area contributed by atoms with Gasteiger partial charge in [0.25, 0.3) is 11.6 Å². The molecular formula is C21H20N4O5. The molecule has 0 aliphatic rings. The number of nitro benzene ring substituents is 1. The highest BCUT2D eigenvalue weighted by atomic mass is 16.6. The zero-order chi connectivity index (χ0) is 21.8. The quantitative estimate of drug-likeness (QED) is 0.379. The number of carbonyl (C=O) groups excluding carboxylic acids is 2. The van der Waals surface area contributed by atoms with Crippen LogP contribution in [0, 0.1) is 30.9 Å². The van der Waals surface area contributed by atoms with Crippen molar-refractivity contribution in [2.45, 2.75) is 20.8 Å². The van der Waals surface area contributed by atoms with Gasteiger partial charge in [-0.25, -0.2) is 9.48 Å². The number of nitrogens with zero attached hydrogens (tertiary/aromatic N) is 3. The lowest BCUT2D eigenvalue weighted by Crippen LogP contribution is -2.21. The molecule has 1 heterocycles. The maximum Gasteiger partial charge on any atom is 0.342 e. The van der Waals surface area contributed by atoms with Gasteiger partial charge in [0.05, 0.1) is 22.0 Å². The Balaban J connectivity index is 1.67. The van der Waals surface area contributed by atoms with Gasteiger partial charge in [-0.05, 0) is 44.5 Å². The summed E-state index contributed by atoms with van der Waals surface area (Å²) in [6.45, 7) is 4.59. The number of rotatable bonds is 6. The fraction of sp³-hybridized carbons (Fsp3) is 0.190. The second-order valence-corrected chi connectivity index (χ2v) is 6.67. The standard InChI is InChI=1S/C21H20N4O5/c1-13-11-17(25(28)29)9-10-18(13)22-19(26)12-30-21(27)20-14(2)23-24(15(20)3)16-7-5-4-6-8-16/h4-11H,12H2,1-3H3,(H,22,26). The van der Waals surface area contributed by atoms with Gasteiger partial charge >= 0.3 is 5.97 Å².